The van der Waals surface area contributed by atoms with Gasteiger partial charge in [0.15, 0.2) is 5.78 Å². The molecule has 1 unspecified atom stereocenters. The molecule has 10 nitrogen and oxygen atoms in total. The molecule has 4 aliphatic rings. The monoisotopic (exact) mass is 558 g/mol. The van der Waals surface area contributed by atoms with Gasteiger partial charge in [-0.3, -0.25) is 4.79 Å². The predicted octanol–water partition coefficient (Wildman–Crippen LogP) is 3.90. The Morgan fingerprint density at radius 1 is 1.22 bits per heavy atom. The molecule has 216 valence electrons. The molecule has 0 bridgehead atoms. The summed E-state index contributed by atoms with van der Waals surface area (Å²) in [6, 6.07) is 10.6. The number of piperazine rings is 1. The molecule has 1 aromatic heterocycles. The topological polar surface area (TPSA) is 123 Å². The molecule has 2 aromatic rings. The van der Waals surface area contributed by atoms with Gasteiger partial charge in [0.2, 0.25) is 0 Å². The third kappa shape index (κ3) is 5.01. The molecule has 0 radical (unpaired) electrons. The van der Waals surface area contributed by atoms with E-state index >= 15 is 0 Å². The van der Waals surface area contributed by atoms with Gasteiger partial charge in [-0.15, -0.1) is 0 Å². The van der Waals surface area contributed by atoms with Crippen LogP contribution in [-0.2, 0) is 12.8 Å². The second-order valence-electron chi connectivity index (χ2n) is 12.3. The van der Waals surface area contributed by atoms with Gasteiger partial charge in [-0.25, -0.2) is 4.79 Å². The summed E-state index contributed by atoms with van der Waals surface area (Å²) in [6.07, 6.45) is 4.10. The molecule has 3 heterocycles. The van der Waals surface area contributed by atoms with Crippen molar-refractivity contribution >= 4 is 17.7 Å². The van der Waals surface area contributed by atoms with Crippen LogP contribution in [0.4, 0.5) is 10.6 Å². The Balaban J connectivity index is 1.36. The maximum absolute atomic E-state index is 14.5. The van der Waals surface area contributed by atoms with E-state index in [9.17, 15) is 20.0 Å². The summed E-state index contributed by atoms with van der Waals surface area (Å²) in [4.78, 5) is 41.6. The smallest absolute Gasteiger partial charge is 0.407 e. The molecule has 2 aliphatic carbocycles. The second kappa shape index (κ2) is 10.9. The molecule has 2 saturated heterocycles. The van der Waals surface area contributed by atoms with Crippen molar-refractivity contribution in [2.75, 3.05) is 44.7 Å². The SMILES string of the molecule is CC1C[C@@]2(CCc3c(nc(OC[C@@H]4CCCN4C)nc3N3CCN(C(=O)O)[C@@H](CC#N)C3)C2=O)Cc2ccccc21. The summed E-state index contributed by atoms with van der Waals surface area (Å²) in [6.45, 7) is 4.69. The number of aromatic nitrogens is 2. The minimum Gasteiger partial charge on any atom is -0.465 e. The number of carboxylic acid groups (broad SMARTS) is 1. The standard InChI is InChI=1S/C31H38N6O4/c1-20-16-31(17-21-6-3-4-8-24(20)21)11-9-25-26(27(31)38)33-29(41-19-23-7-5-13-35(23)2)34-28(25)36-14-15-37(30(39)40)22(18-36)10-12-32/h3-4,6,8,20,22-23H,5,7,9-11,13-19H2,1-2H3,(H,39,40)/t20?,22-,23-,31-/m0/s1. The van der Waals surface area contributed by atoms with Gasteiger partial charge in [0.05, 0.1) is 18.5 Å². The predicted molar refractivity (Wildman–Crippen MR) is 152 cm³/mol. The summed E-state index contributed by atoms with van der Waals surface area (Å²) < 4.78 is 6.19. The molecular weight excluding hydrogens is 520 g/mol. The van der Waals surface area contributed by atoms with Crippen LogP contribution in [0.3, 0.4) is 0 Å². The lowest BCUT2D eigenvalue weighted by Gasteiger charge is -2.44. The number of carbonyl (C=O) groups is 2. The van der Waals surface area contributed by atoms with Crippen LogP contribution in [-0.4, -0.2) is 88.7 Å². The van der Waals surface area contributed by atoms with Crippen molar-refractivity contribution in [3.63, 3.8) is 0 Å². The zero-order valence-corrected chi connectivity index (χ0v) is 23.9. The number of Topliss-reactive ketones (excluding diaryl/α,β-unsaturated/α-hetero) is 1. The van der Waals surface area contributed by atoms with Gasteiger partial charge < -0.3 is 24.5 Å². The van der Waals surface area contributed by atoms with Crippen LogP contribution in [0.5, 0.6) is 6.01 Å². The third-order valence-corrected chi connectivity index (χ3v) is 9.76. The van der Waals surface area contributed by atoms with E-state index in [0.717, 1.165) is 37.8 Å². The molecule has 0 saturated carbocycles. The number of hydrogen-bond acceptors (Lipinski definition) is 8. The molecule has 41 heavy (non-hydrogen) atoms. The fourth-order valence-corrected chi connectivity index (χ4v) is 7.54. The number of hydrogen-bond donors (Lipinski definition) is 1. The number of rotatable bonds is 5. The van der Waals surface area contributed by atoms with Crippen molar-refractivity contribution in [1.29, 1.82) is 5.26 Å². The summed E-state index contributed by atoms with van der Waals surface area (Å²) >= 11 is 0. The van der Waals surface area contributed by atoms with Gasteiger partial charge in [-0.05, 0) is 69.2 Å². The van der Waals surface area contributed by atoms with Crippen LogP contribution < -0.4 is 9.64 Å². The van der Waals surface area contributed by atoms with Crippen molar-refractivity contribution < 1.29 is 19.4 Å². The largest absolute Gasteiger partial charge is 0.465 e. The van der Waals surface area contributed by atoms with Gasteiger partial charge in [0.25, 0.3) is 0 Å². The number of nitriles is 1. The van der Waals surface area contributed by atoms with Crippen LogP contribution in [0.2, 0.25) is 0 Å². The average Bonchev–Trinajstić information content (AvgIpc) is 3.38. The number of fused-ring (bicyclic) bond motifs is 2. The Labute approximate surface area is 240 Å². The van der Waals surface area contributed by atoms with Crippen molar-refractivity contribution in [3.05, 3.63) is 46.6 Å². The zero-order valence-electron chi connectivity index (χ0n) is 23.9. The number of anilines is 1. The molecule has 4 atom stereocenters. The van der Waals surface area contributed by atoms with Crippen LogP contribution in [0.15, 0.2) is 24.3 Å². The first-order valence-electron chi connectivity index (χ1n) is 14.8. The molecule has 2 aliphatic heterocycles. The average molecular weight is 559 g/mol. The number of ether oxygens (including phenoxy) is 1. The van der Waals surface area contributed by atoms with Crippen molar-refractivity contribution in [2.24, 2.45) is 5.41 Å². The van der Waals surface area contributed by atoms with E-state index in [1.54, 1.807) is 0 Å². The number of likely N-dealkylation sites (N-methyl/N-ethyl adjacent to an activating group) is 1. The number of carbonyl (C=O) groups excluding carboxylic acids is 1. The molecule has 1 spiro atoms. The minimum absolute atomic E-state index is 0.0596. The molecule has 1 aromatic carbocycles. The van der Waals surface area contributed by atoms with E-state index in [1.807, 2.05) is 11.0 Å². The normalized spacial score (nSPS) is 27.8. The fraction of sp³-hybridized carbons (Fsp3) is 0.581. The van der Waals surface area contributed by atoms with Crippen molar-refractivity contribution in [2.45, 2.75) is 69.9 Å². The molecular formula is C31H38N6O4. The summed E-state index contributed by atoms with van der Waals surface area (Å²) in [5.74, 6) is 0.978. The molecule has 2 fully saturated rings. The van der Waals surface area contributed by atoms with E-state index in [1.165, 1.54) is 16.0 Å². The summed E-state index contributed by atoms with van der Waals surface area (Å²) in [5.41, 5.74) is 3.31. The Kier molecular flexibility index (Phi) is 7.32. The van der Waals surface area contributed by atoms with Gasteiger partial charge in [-0.1, -0.05) is 31.2 Å². The van der Waals surface area contributed by atoms with Crippen LogP contribution >= 0.6 is 0 Å². The first kappa shape index (κ1) is 27.5. The molecule has 1 amide bonds. The highest BCUT2D eigenvalue weighted by molar-refractivity contribution is 6.02. The van der Waals surface area contributed by atoms with Gasteiger partial charge in [0, 0.05) is 36.7 Å². The number of nitrogens with zero attached hydrogens (tertiary/aromatic N) is 6. The third-order valence-electron chi connectivity index (χ3n) is 9.76. The maximum atomic E-state index is 14.5. The minimum atomic E-state index is -1.02. The quantitative estimate of drug-likeness (QED) is 0.582. The van der Waals surface area contributed by atoms with E-state index < -0.39 is 17.6 Å². The van der Waals surface area contributed by atoms with Crippen LogP contribution in [0.1, 0.15) is 72.1 Å². The van der Waals surface area contributed by atoms with E-state index in [4.69, 9.17) is 14.7 Å². The molecule has 6 rings (SSSR count). The van der Waals surface area contributed by atoms with Crippen molar-refractivity contribution in [3.8, 4) is 12.1 Å². The summed E-state index contributed by atoms with van der Waals surface area (Å²) in [7, 11) is 2.09. The highest BCUT2D eigenvalue weighted by atomic mass is 16.5. The van der Waals surface area contributed by atoms with E-state index in [-0.39, 0.29) is 36.7 Å². The van der Waals surface area contributed by atoms with E-state index in [0.29, 0.717) is 44.0 Å². The first-order valence-corrected chi connectivity index (χ1v) is 14.8. The highest BCUT2D eigenvalue weighted by Gasteiger charge is 2.48. The Morgan fingerprint density at radius 3 is 2.80 bits per heavy atom. The van der Waals surface area contributed by atoms with Crippen molar-refractivity contribution in [1.82, 2.24) is 19.8 Å². The Hall–Kier alpha value is -3.71. The van der Waals surface area contributed by atoms with E-state index in [2.05, 4.69) is 43.1 Å². The number of amides is 1. The second-order valence-corrected chi connectivity index (χ2v) is 12.3. The number of ketones is 1. The molecule has 1 N–H and O–H groups in total. The lowest BCUT2D eigenvalue weighted by Crippen LogP contribution is -2.55. The van der Waals surface area contributed by atoms with Crippen LogP contribution in [0.25, 0.3) is 0 Å². The maximum Gasteiger partial charge on any atom is 0.407 e. The summed E-state index contributed by atoms with van der Waals surface area (Å²) in [5, 5.41) is 19.1. The highest BCUT2D eigenvalue weighted by Crippen LogP contribution is 2.50. The molecule has 10 heteroatoms. The zero-order chi connectivity index (χ0) is 28.7. The van der Waals surface area contributed by atoms with Crippen LogP contribution in [0, 0.1) is 16.7 Å². The Bertz CT molecular complexity index is 1390. The first-order chi connectivity index (χ1) is 19.8. The van der Waals surface area contributed by atoms with Gasteiger partial charge >= 0.3 is 12.1 Å². The number of benzene rings is 1. The van der Waals surface area contributed by atoms with Gasteiger partial charge in [0.1, 0.15) is 18.1 Å². The lowest BCUT2D eigenvalue weighted by molar-refractivity contribution is 0.0698. The Morgan fingerprint density at radius 2 is 2.05 bits per heavy atom. The van der Waals surface area contributed by atoms with Gasteiger partial charge in [-0.2, -0.15) is 15.2 Å². The lowest BCUT2D eigenvalue weighted by atomic mass is 9.60. The fourth-order valence-electron chi connectivity index (χ4n) is 7.54. The number of likely N-dealkylation sites (tertiary alicyclic amines) is 1.